The van der Waals surface area contributed by atoms with E-state index in [1.54, 1.807) is 4.90 Å². The number of carbonyl (C=O) groups excluding carboxylic acids is 1. The molecule has 136 valence electrons. The summed E-state index contributed by atoms with van der Waals surface area (Å²) in [6, 6.07) is 0. The molecule has 1 saturated heterocycles. The molecule has 0 radical (unpaired) electrons. The molecule has 0 aromatic carbocycles. The van der Waals surface area contributed by atoms with Crippen molar-refractivity contribution in [3.63, 3.8) is 0 Å². The smallest absolute Gasteiger partial charge is 0.410 e. The molecular formula is C17H27NO6. The Balaban J connectivity index is 1.95. The molecule has 1 aliphatic heterocycles. The van der Waals surface area contributed by atoms with E-state index >= 15 is 0 Å². The topological polar surface area (TPSA) is 104 Å². The number of carbonyl (C=O) groups is 3. The number of amides is 1. The van der Waals surface area contributed by atoms with E-state index in [2.05, 4.69) is 0 Å². The van der Waals surface area contributed by atoms with Gasteiger partial charge in [-0.2, -0.15) is 0 Å². The molecule has 1 spiro atoms. The first-order chi connectivity index (χ1) is 11.0. The molecule has 0 aromatic heterocycles. The summed E-state index contributed by atoms with van der Waals surface area (Å²) in [7, 11) is 0. The van der Waals surface area contributed by atoms with Crippen LogP contribution in [0.3, 0.4) is 0 Å². The van der Waals surface area contributed by atoms with Crippen LogP contribution in [0, 0.1) is 10.8 Å². The Morgan fingerprint density at radius 2 is 1.33 bits per heavy atom. The molecule has 7 nitrogen and oxygen atoms in total. The van der Waals surface area contributed by atoms with Crippen molar-refractivity contribution >= 4 is 18.0 Å². The number of hydrogen-bond donors (Lipinski definition) is 2. The molecule has 2 fully saturated rings. The lowest BCUT2D eigenvalue weighted by molar-refractivity contribution is -0.169. The van der Waals surface area contributed by atoms with Gasteiger partial charge in [0.05, 0.1) is 0 Å². The molecule has 2 N–H and O–H groups in total. The van der Waals surface area contributed by atoms with Crippen molar-refractivity contribution in [2.45, 2.75) is 64.9 Å². The fraction of sp³-hybridized carbons (Fsp3) is 0.824. The van der Waals surface area contributed by atoms with Gasteiger partial charge in [-0.3, -0.25) is 9.59 Å². The van der Waals surface area contributed by atoms with Crippen LogP contribution in [-0.2, 0) is 14.3 Å². The van der Waals surface area contributed by atoms with Gasteiger partial charge in [-0.15, -0.1) is 0 Å². The molecular weight excluding hydrogens is 314 g/mol. The van der Waals surface area contributed by atoms with Gasteiger partial charge in [-0.05, 0) is 64.7 Å². The molecule has 0 bridgehead atoms. The average Bonchev–Trinajstić information content (AvgIpc) is 2.46. The molecule has 7 heteroatoms. The van der Waals surface area contributed by atoms with Crippen LogP contribution in [0.2, 0.25) is 0 Å². The van der Waals surface area contributed by atoms with Crippen LogP contribution in [-0.4, -0.2) is 51.8 Å². The Labute approximate surface area is 142 Å². The first-order valence-electron chi connectivity index (χ1n) is 8.45. The number of likely N-dealkylation sites (tertiary alicyclic amines) is 1. The summed E-state index contributed by atoms with van der Waals surface area (Å²) in [5, 5.41) is 18.6. The Morgan fingerprint density at radius 1 is 0.875 bits per heavy atom. The number of ether oxygens (including phenoxy) is 1. The molecule has 0 unspecified atom stereocenters. The van der Waals surface area contributed by atoms with E-state index in [0.717, 1.165) is 12.8 Å². The Morgan fingerprint density at radius 3 is 1.71 bits per heavy atom. The number of nitrogens with zero attached hydrogens (tertiary/aromatic N) is 1. The third-order valence-corrected chi connectivity index (χ3v) is 5.46. The predicted molar refractivity (Wildman–Crippen MR) is 85.6 cm³/mol. The third kappa shape index (κ3) is 3.65. The fourth-order valence-electron chi connectivity index (χ4n) is 3.72. The van der Waals surface area contributed by atoms with E-state index in [-0.39, 0.29) is 24.3 Å². The van der Waals surface area contributed by atoms with Crippen LogP contribution in [0.25, 0.3) is 0 Å². The maximum absolute atomic E-state index is 12.1. The summed E-state index contributed by atoms with van der Waals surface area (Å²) in [5.74, 6) is -2.48. The van der Waals surface area contributed by atoms with Gasteiger partial charge in [0.15, 0.2) is 5.41 Å². The van der Waals surface area contributed by atoms with Gasteiger partial charge in [-0.1, -0.05) is 0 Å². The first kappa shape index (κ1) is 18.5. The number of hydrogen-bond acceptors (Lipinski definition) is 4. The van der Waals surface area contributed by atoms with Crippen molar-refractivity contribution in [2.24, 2.45) is 10.8 Å². The monoisotopic (exact) mass is 341 g/mol. The average molecular weight is 341 g/mol. The van der Waals surface area contributed by atoms with Crippen LogP contribution in [0.5, 0.6) is 0 Å². The maximum Gasteiger partial charge on any atom is 0.410 e. The highest BCUT2D eigenvalue weighted by Crippen LogP contribution is 2.51. The molecule has 2 aliphatic rings. The largest absolute Gasteiger partial charge is 0.480 e. The molecule has 1 heterocycles. The summed E-state index contributed by atoms with van der Waals surface area (Å²) in [5.41, 5.74) is -2.22. The van der Waals surface area contributed by atoms with Gasteiger partial charge in [-0.25, -0.2) is 4.79 Å². The summed E-state index contributed by atoms with van der Waals surface area (Å²) < 4.78 is 5.38. The number of carboxylic acids is 2. The lowest BCUT2D eigenvalue weighted by Crippen LogP contribution is -2.50. The van der Waals surface area contributed by atoms with E-state index in [1.165, 1.54) is 0 Å². The molecule has 1 amide bonds. The zero-order valence-electron chi connectivity index (χ0n) is 14.6. The highest BCUT2D eigenvalue weighted by molar-refractivity contribution is 5.98. The molecule has 2 rings (SSSR count). The van der Waals surface area contributed by atoms with E-state index in [1.807, 2.05) is 20.8 Å². The Kier molecular flexibility index (Phi) is 4.84. The van der Waals surface area contributed by atoms with Crippen LogP contribution < -0.4 is 0 Å². The highest BCUT2D eigenvalue weighted by atomic mass is 16.6. The number of rotatable bonds is 2. The van der Waals surface area contributed by atoms with Crippen molar-refractivity contribution in [2.75, 3.05) is 13.1 Å². The van der Waals surface area contributed by atoms with Crippen LogP contribution >= 0.6 is 0 Å². The van der Waals surface area contributed by atoms with Crippen molar-refractivity contribution in [1.82, 2.24) is 4.90 Å². The summed E-state index contributed by atoms with van der Waals surface area (Å²) in [4.78, 5) is 36.6. The van der Waals surface area contributed by atoms with Gasteiger partial charge in [0.25, 0.3) is 0 Å². The third-order valence-electron chi connectivity index (χ3n) is 5.46. The maximum atomic E-state index is 12.1. The van der Waals surface area contributed by atoms with Gasteiger partial charge in [0, 0.05) is 13.1 Å². The predicted octanol–water partition coefficient (Wildman–Crippen LogP) is 2.73. The van der Waals surface area contributed by atoms with Crippen LogP contribution in [0.4, 0.5) is 4.79 Å². The summed E-state index contributed by atoms with van der Waals surface area (Å²) in [6.07, 6.45) is 2.68. The lowest BCUT2D eigenvalue weighted by atomic mass is 9.60. The molecule has 1 aliphatic carbocycles. The number of piperidine rings is 1. The van der Waals surface area contributed by atoms with Crippen molar-refractivity contribution in [3.05, 3.63) is 0 Å². The Hall–Kier alpha value is -1.79. The van der Waals surface area contributed by atoms with E-state index in [9.17, 15) is 24.6 Å². The Bertz CT molecular complexity index is 502. The zero-order valence-corrected chi connectivity index (χ0v) is 14.6. The van der Waals surface area contributed by atoms with Crippen molar-refractivity contribution < 1.29 is 29.3 Å². The quantitative estimate of drug-likeness (QED) is 0.748. The van der Waals surface area contributed by atoms with Gasteiger partial charge in [0.1, 0.15) is 5.60 Å². The second-order valence-corrected chi connectivity index (χ2v) is 8.16. The normalized spacial score (nSPS) is 22.9. The van der Waals surface area contributed by atoms with Gasteiger partial charge >= 0.3 is 18.0 Å². The number of carboxylic acid groups (broad SMARTS) is 2. The van der Waals surface area contributed by atoms with Crippen molar-refractivity contribution in [1.29, 1.82) is 0 Å². The molecule has 0 aromatic rings. The minimum Gasteiger partial charge on any atom is -0.480 e. The number of aliphatic carboxylic acids is 2. The zero-order chi connectivity index (χ0) is 18.2. The molecule has 0 atom stereocenters. The van der Waals surface area contributed by atoms with E-state index in [0.29, 0.717) is 25.9 Å². The molecule has 1 saturated carbocycles. The molecule has 24 heavy (non-hydrogen) atoms. The SMILES string of the molecule is CC(C)(C)OC(=O)N1CCC2(CC1)CCC(C(=O)O)(C(=O)O)CC2. The van der Waals surface area contributed by atoms with Crippen LogP contribution in [0.1, 0.15) is 59.3 Å². The summed E-state index contributed by atoms with van der Waals surface area (Å²) >= 11 is 0. The lowest BCUT2D eigenvalue weighted by Gasteiger charge is -2.47. The second kappa shape index (κ2) is 6.26. The minimum absolute atomic E-state index is 0.0487. The highest BCUT2D eigenvalue weighted by Gasteiger charge is 2.53. The van der Waals surface area contributed by atoms with Crippen LogP contribution in [0.15, 0.2) is 0 Å². The fourth-order valence-corrected chi connectivity index (χ4v) is 3.72. The van der Waals surface area contributed by atoms with Crippen molar-refractivity contribution in [3.8, 4) is 0 Å². The van der Waals surface area contributed by atoms with Gasteiger partial charge < -0.3 is 19.8 Å². The second-order valence-electron chi connectivity index (χ2n) is 8.16. The minimum atomic E-state index is -1.65. The van der Waals surface area contributed by atoms with E-state index in [4.69, 9.17) is 4.74 Å². The first-order valence-corrected chi connectivity index (χ1v) is 8.45. The van der Waals surface area contributed by atoms with E-state index < -0.39 is 23.0 Å². The van der Waals surface area contributed by atoms with Gasteiger partial charge in [0.2, 0.25) is 0 Å². The standard InChI is InChI=1S/C17H27NO6/c1-15(2,3)24-14(23)18-10-8-16(9-11-18)4-6-17(7-5-16,12(19)20)13(21)22/h4-11H2,1-3H3,(H,19,20)(H,21,22). The summed E-state index contributed by atoms with van der Waals surface area (Å²) in [6.45, 7) is 6.63.